The molecular formula is C15H16O3. The van der Waals surface area contributed by atoms with E-state index in [4.69, 9.17) is 9.47 Å². The Morgan fingerprint density at radius 2 is 1.89 bits per heavy atom. The third kappa shape index (κ3) is 2.34. The van der Waals surface area contributed by atoms with Gasteiger partial charge in [-0.3, -0.25) is 0 Å². The fraction of sp³-hybridized carbons (Fsp3) is 0.333. The van der Waals surface area contributed by atoms with Gasteiger partial charge in [0.25, 0.3) is 0 Å². The van der Waals surface area contributed by atoms with Crippen molar-refractivity contribution in [1.29, 1.82) is 0 Å². The van der Waals surface area contributed by atoms with Crippen LogP contribution in [0.15, 0.2) is 17.7 Å². The molecule has 0 aliphatic heterocycles. The molecule has 0 amide bonds. The van der Waals surface area contributed by atoms with Gasteiger partial charge in [-0.15, -0.1) is 0 Å². The fourth-order valence-corrected chi connectivity index (χ4v) is 2.03. The van der Waals surface area contributed by atoms with Gasteiger partial charge in [0.15, 0.2) is 0 Å². The number of aliphatic hydroxyl groups excluding tert-OH is 1. The second-order valence-corrected chi connectivity index (χ2v) is 4.15. The predicted octanol–water partition coefficient (Wildman–Crippen LogP) is 2.03. The van der Waals surface area contributed by atoms with E-state index in [-0.39, 0.29) is 0 Å². The molecule has 0 spiro atoms. The zero-order valence-electron chi connectivity index (χ0n) is 10.8. The number of benzene rings is 1. The Morgan fingerprint density at radius 1 is 1.22 bits per heavy atom. The summed E-state index contributed by atoms with van der Waals surface area (Å²) >= 11 is 0. The van der Waals surface area contributed by atoms with Crippen molar-refractivity contribution in [2.45, 2.75) is 19.4 Å². The first-order valence-corrected chi connectivity index (χ1v) is 5.79. The van der Waals surface area contributed by atoms with Crippen molar-refractivity contribution in [3.63, 3.8) is 0 Å². The lowest BCUT2D eigenvalue weighted by molar-refractivity contribution is 0.253. The van der Waals surface area contributed by atoms with Crippen molar-refractivity contribution in [3.05, 3.63) is 28.8 Å². The normalized spacial score (nSPS) is 14.1. The SMILES string of the molecule is COc1ccc(OC)c2c1C=C(C#CC(C)O)C2. The van der Waals surface area contributed by atoms with Crippen LogP contribution in [0, 0.1) is 11.8 Å². The predicted molar refractivity (Wildman–Crippen MR) is 70.7 cm³/mol. The van der Waals surface area contributed by atoms with E-state index in [0.717, 1.165) is 34.6 Å². The van der Waals surface area contributed by atoms with Gasteiger partial charge >= 0.3 is 0 Å². The molecule has 0 saturated carbocycles. The van der Waals surface area contributed by atoms with Crippen LogP contribution < -0.4 is 9.47 Å². The summed E-state index contributed by atoms with van der Waals surface area (Å²) in [7, 11) is 3.30. The van der Waals surface area contributed by atoms with Crippen LogP contribution in [0.1, 0.15) is 18.1 Å². The highest BCUT2D eigenvalue weighted by atomic mass is 16.5. The van der Waals surface area contributed by atoms with Gasteiger partial charge in [0, 0.05) is 23.1 Å². The quantitative estimate of drug-likeness (QED) is 0.809. The summed E-state index contributed by atoms with van der Waals surface area (Å²) in [5.41, 5.74) is 3.08. The van der Waals surface area contributed by atoms with Crippen LogP contribution in [0.4, 0.5) is 0 Å². The summed E-state index contributed by atoms with van der Waals surface area (Å²) in [5.74, 6) is 7.40. The summed E-state index contributed by atoms with van der Waals surface area (Å²) in [6.45, 7) is 1.65. The van der Waals surface area contributed by atoms with Crippen LogP contribution in [0.3, 0.4) is 0 Å². The van der Waals surface area contributed by atoms with Crippen molar-refractivity contribution in [1.82, 2.24) is 0 Å². The Bertz CT molecular complexity index is 545. The van der Waals surface area contributed by atoms with Crippen LogP contribution in [0.2, 0.25) is 0 Å². The van der Waals surface area contributed by atoms with Crippen LogP contribution in [0.25, 0.3) is 6.08 Å². The average molecular weight is 244 g/mol. The Balaban J connectivity index is 2.40. The van der Waals surface area contributed by atoms with Gasteiger partial charge in [-0.25, -0.2) is 0 Å². The number of fused-ring (bicyclic) bond motifs is 1. The zero-order chi connectivity index (χ0) is 13.1. The molecule has 3 heteroatoms. The number of rotatable bonds is 2. The lowest BCUT2D eigenvalue weighted by Gasteiger charge is -2.10. The summed E-state index contributed by atoms with van der Waals surface area (Å²) in [5, 5.41) is 9.18. The minimum Gasteiger partial charge on any atom is -0.496 e. The lowest BCUT2D eigenvalue weighted by atomic mass is 10.1. The van der Waals surface area contributed by atoms with Crippen LogP contribution in [0.5, 0.6) is 11.5 Å². The number of allylic oxidation sites excluding steroid dienone is 1. The minimum atomic E-state index is -0.613. The minimum absolute atomic E-state index is 0.613. The number of hydrogen-bond donors (Lipinski definition) is 1. The average Bonchev–Trinajstić information content (AvgIpc) is 2.79. The Morgan fingerprint density at radius 3 is 2.50 bits per heavy atom. The van der Waals surface area contributed by atoms with E-state index >= 15 is 0 Å². The number of aliphatic hydroxyl groups is 1. The van der Waals surface area contributed by atoms with Gasteiger partial charge in [0.05, 0.1) is 14.2 Å². The highest BCUT2D eigenvalue weighted by Gasteiger charge is 2.19. The smallest absolute Gasteiger partial charge is 0.126 e. The summed E-state index contributed by atoms with van der Waals surface area (Å²) in [6.07, 6.45) is 2.10. The molecule has 1 N–H and O–H groups in total. The van der Waals surface area contributed by atoms with Crippen molar-refractivity contribution < 1.29 is 14.6 Å². The Kier molecular flexibility index (Phi) is 3.59. The highest BCUT2D eigenvalue weighted by Crippen LogP contribution is 2.38. The lowest BCUT2D eigenvalue weighted by Crippen LogP contribution is -1.95. The molecule has 1 aromatic rings. The molecule has 18 heavy (non-hydrogen) atoms. The molecule has 0 radical (unpaired) electrons. The van der Waals surface area contributed by atoms with E-state index < -0.39 is 6.10 Å². The van der Waals surface area contributed by atoms with E-state index in [1.807, 2.05) is 18.2 Å². The van der Waals surface area contributed by atoms with Crippen LogP contribution >= 0.6 is 0 Å². The molecule has 94 valence electrons. The standard InChI is InChI=1S/C15H16O3/c1-10(16)4-5-11-8-12-13(9-11)15(18-3)7-6-14(12)17-2/h6-8,10,16H,9H2,1-3H3. The van der Waals surface area contributed by atoms with Crippen molar-refractivity contribution in [3.8, 4) is 23.3 Å². The third-order valence-corrected chi connectivity index (χ3v) is 2.84. The first-order chi connectivity index (χ1) is 8.65. The van der Waals surface area contributed by atoms with Gasteiger partial charge in [0.2, 0.25) is 0 Å². The fourth-order valence-electron chi connectivity index (χ4n) is 2.03. The third-order valence-electron chi connectivity index (χ3n) is 2.84. The Labute approximate surface area is 107 Å². The molecule has 1 aliphatic carbocycles. The van der Waals surface area contributed by atoms with E-state index in [2.05, 4.69) is 11.8 Å². The highest BCUT2D eigenvalue weighted by molar-refractivity contribution is 5.75. The molecule has 1 aliphatic rings. The number of hydrogen-bond acceptors (Lipinski definition) is 3. The maximum absolute atomic E-state index is 9.18. The zero-order valence-corrected chi connectivity index (χ0v) is 10.8. The number of methoxy groups -OCH3 is 2. The largest absolute Gasteiger partial charge is 0.496 e. The van der Waals surface area contributed by atoms with E-state index in [9.17, 15) is 5.11 Å². The molecular weight excluding hydrogens is 228 g/mol. The Hall–Kier alpha value is -1.92. The van der Waals surface area contributed by atoms with Crippen molar-refractivity contribution in [2.24, 2.45) is 0 Å². The second kappa shape index (κ2) is 5.16. The molecule has 0 aromatic heterocycles. The molecule has 1 aromatic carbocycles. The van der Waals surface area contributed by atoms with Gasteiger partial charge in [-0.05, 0) is 25.1 Å². The molecule has 0 heterocycles. The van der Waals surface area contributed by atoms with E-state index in [1.54, 1.807) is 21.1 Å². The summed E-state index contributed by atoms with van der Waals surface area (Å²) in [6, 6.07) is 3.79. The molecule has 0 fully saturated rings. The van der Waals surface area contributed by atoms with Crippen LogP contribution in [-0.2, 0) is 6.42 Å². The van der Waals surface area contributed by atoms with E-state index in [0.29, 0.717) is 0 Å². The first-order valence-electron chi connectivity index (χ1n) is 5.79. The molecule has 3 nitrogen and oxygen atoms in total. The molecule has 2 rings (SSSR count). The monoisotopic (exact) mass is 244 g/mol. The molecule has 0 saturated heterocycles. The number of ether oxygens (including phenoxy) is 2. The second-order valence-electron chi connectivity index (χ2n) is 4.15. The van der Waals surface area contributed by atoms with Gasteiger partial charge in [-0.1, -0.05) is 11.8 Å². The molecule has 0 bridgehead atoms. The van der Waals surface area contributed by atoms with Gasteiger partial charge in [0.1, 0.15) is 17.6 Å². The van der Waals surface area contributed by atoms with Crippen molar-refractivity contribution >= 4 is 6.08 Å². The summed E-state index contributed by atoms with van der Waals surface area (Å²) in [4.78, 5) is 0. The van der Waals surface area contributed by atoms with Gasteiger partial charge in [-0.2, -0.15) is 0 Å². The maximum atomic E-state index is 9.18. The molecule has 1 unspecified atom stereocenters. The van der Waals surface area contributed by atoms with E-state index in [1.165, 1.54) is 0 Å². The first kappa shape index (κ1) is 12.5. The molecule has 1 atom stereocenters. The van der Waals surface area contributed by atoms with Gasteiger partial charge < -0.3 is 14.6 Å². The van der Waals surface area contributed by atoms with Crippen LogP contribution in [-0.4, -0.2) is 25.4 Å². The topological polar surface area (TPSA) is 38.7 Å². The summed E-state index contributed by atoms with van der Waals surface area (Å²) < 4.78 is 10.7. The van der Waals surface area contributed by atoms with Crippen molar-refractivity contribution in [2.75, 3.05) is 14.2 Å². The maximum Gasteiger partial charge on any atom is 0.126 e.